The highest BCUT2D eigenvalue weighted by molar-refractivity contribution is 5.96. The molecule has 1 amide bonds. The molecule has 10 nitrogen and oxygen atoms in total. The topological polar surface area (TPSA) is 146 Å². The van der Waals surface area contributed by atoms with Gasteiger partial charge in [0, 0.05) is 30.3 Å². The van der Waals surface area contributed by atoms with E-state index in [1.165, 1.54) is 25.4 Å². The number of rotatable bonds is 9. The van der Waals surface area contributed by atoms with Crippen molar-refractivity contribution in [2.75, 3.05) is 24.5 Å². The van der Waals surface area contributed by atoms with Crippen molar-refractivity contribution in [3.8, 4) is 11.5 Å². The molecule has 1 unspecified atom stereocenters. The summed E-state index contributed by atoms with van der Waals surface area (Å²) >= 11 is 0. The minimum Gasteiger partial charge on any atom is -0.497 e. The summed E-state index contributed by atoms with van der Waals surface area (Å²) in [6.45, 7) is 1.76. The van der Waals surface area contributed by atoms with Crippen LogP contribution in [-0.4, -0.2) is 42.4 Å². The third-order valence-corrected chi connectivity index (χ3v) is 3.78. The molecule has 0 radical (unpaired) electrons. The van der Waals surface area contributed by atoms with Crippen LogP contribution in [0.4, 0.5) is 17.3 Å². The Hall–Kier alpha value is -3.40. The van der Waals surface area contributed by atoms with E-state index in [0.717, 1.165) is 6.29 Å². The Morgan fingerprint density at radius 2 is 1.93 bits per heavy atom. The predicted molar refractivity (Wildman–Crippen MR) is 100 cm³/mol. The number of primary amides is 1. The Balaban J connectivity index is 2.43. The summed E-state index contributed by atoms with van der Waals surface area (Å²) in [5.74, 6) is 6.71. The fourth-order valence-electron chi connectivity index (χ4n) is 2.27. The molecule has 2 aromatic rings. The first-order valence-electron chi connectivity index (χ1n) is 8.04. The van der Waals surface area contributed by atoms with Gasteiger partial charge >= 0.3 is 0 Å². The molecule has 1 aromatic heterocycles. The van der Waals surface area contributed by atoms with Crippen molar-refractivity contribution >= 4 is 29.5 Å². The molecule has 0 fully saturated rings. The molecule has 0 aliphatic rings. The number of nitrogens with one attached hydrogen (secondary N) is 1. The fourth-order valence-corrected chi connectivity index (χ4v) is 2.27. The molecule has 0 aliphatic carbocycles. The van der Waals surface area contributed by atoms with Crippen LogP contribution in [0.1, 0.15) is 23.8 Å². The summed E-state index contributed by atoms with van der Waals surface area (Å²) in [4.78, 5) is 30.8. The van der Waals surface area contributed by atoms with Gasteiger partial charge in [0.2, 0.25) is 0 Å². The number of carbonyl (C=O) groups is 2. The molecule has 5 N–H and O–H groups in total. The van der Waals surface area contributed by atoms with Crippen molar-refractivity contribution in [2.45, 2.75) is 19.4 Å². The quantitative estimate of drug-likeness (QED) is 0.332. The van der Waals surface area contributed by atoms with E-state index < -0.39 is 5.91 Å². The van der Waals surface area contributed by atoms with Crippen LogP contribution in [0.25, 0.3) is 0 Å². The van der Waals surface area contributed by atoms with Crippen molar-refractivity contribution in [2.24, 2.45) is 11.6 Å². The molecule has 2 rings (SSSR count). The van der Waals surface area contributed by atoms with Gasteiger partial charge in [-0.3, -0.25) is 9.80 Å². The molecule has 1 atom stereocenters. The summed E-state index contributed by atoms with van der Waals surface area (Å²) < 4.78 is 10.4. The van der Waals surface area contributed by atoms with E-state index in [-0.39, 0.29) is 29.8 Å². The molecule has 0 spiro atoms. The van der Waals surface area contributed by atoms with Gasteiger partial charge in [0.05, 0.1) is 26.5 Å². The van der Waals surface area contributed by atoms with Gasteiger partial charge in [-0.25, -0.2) is 15.8 Å². The molecule has 27 heavy (non-hydrogen) atoms. The second-order valence-corrected chi connectivity index (χ2v) is 5.67. The first-order chi connectivity index (χ1) is 12.9. The monoisotopic (exact) mass is 374 g/mol. The molecule has 144 valence electrons. The number of nitrogens with zero attached hydrogens (tertiary/aromatic N) is 3. The highest BCUT2D eigenvalue weighted by Gasteiger charge is 2.18. The molecule has 0 saturated heterocycles. The molecule has 1 heterocycles. The van der Waals surface area contributed by atoms with Gasteiger partial charge < -0.3 is 25.3 Å². The van der Waals surface area contributed by atoms with Crippen LogP contribution in [0.2, 0.25) is 0 Å². The SMILES string of the molecule is COc1cc(Nc2nc(N(N)C(C)CC=O)cnc2C(N)=O)cc(OC)c1. The van der Waals surface area contributed by atoms with Gasteiger partial charge in [-0.2, -0.15) is 0 Å². The number of hydrazine groups is 1. The lowest BCUT2D eigenvalue weighted by Crippen LogP contribution is -2.40. The van der Waals surface area contributed by atoms with E-state index in [1.54, 1.807) is 25.1 Å². The van der Waals surface area contributed by atoms with Crippen molar-refractivity contribution in [3.05, 3.63) is 30.1 Å². The maximum atomic E-state index is 11.7. The van der Waals surface area contributed by atoms with Crippen LogP contribution >= 0.6 is 0 Å². The van der Waals surface area contributed by atoms with Crippen molar-refractivity contribution < 1.29 is 19.1 Å². The van der Waals surface area contributed by atoms with Gasteiger partial charge in [-0.15, -0.1) is 0 Å². The van der Waals surface area contributed by atoms with Crippen molar-refractivity contribution in [3.63, 3.8) is 0 Å². The predicted octanol–water partition coefficient (Wildman–Crippen LogP) is 0.994. The highest BCUT2D eigenvalue weighted by Crippen LogP contribution is 2.29. The summed E-state index contributed by atoms with van der Waals surface area (Å²) in [6.07, 6.45) is 2.29. The summed E-state index contributed by atoms with van der Waals surface area (Å²) in [6, 6.07) is 4.78. The number of ether oxygens (including phenoxy) is 2. The van der Waals surface area contributed by atoms with E-state index in [9.17, 15) is 9.59 Å². The van der Waals surface area contributed by atoms with E-state index >= 15 is 0 Å². The van der Waals surface area contributed by atoms with E-state index in [2.05, 4.69) is 15.3 Å². The second-order valence-electron chi connectivity index (χ2n) is 5.67. The van der Waals surface area contributed by atoms with E-state index in [0.29, 0.717) is 17.2 Å². The molecule has 0 bridgehead atoms. The number of amides is 1. The lowest BCUT2D eigenvalue weighted by Gasteiger charge is -2.24. The second kappa shape index (κ2) is 8.81. The van der Waals surface area contributed by atoms with Gasteiger partial charge in [0.15, 0.2) is 17.3 Å². The minimum atomic E-state index is -0.754. The number of aldehydes is 1. The number of benzene rings is 1. The molecule has 10 heteroatoms. The van der Waals surface area contributed by atoms with Crippen LogP contribution in [0, 0.1) is 0 Å². The third-order valence-electron chi connectivity index (χ3n) is 3.78. The van der Waals surface area contributed by atoms with Gasteiger partial charge in [-0.05, 0) is 6.92 Å². The molecule has 0 aliphatic heterocycles. The normalized spacial score (nSPS) is 11.4. The van der Waals surface area contributed by atoms with Gasteiger partial charge in [0.25, 0.3) is 5.91 Å². The smallest absolute Gasteiger partial charge is 0.271 e. The Bertz CT molecular complexity index is 807. The lowest BCUT2D eigenvalue weighted by molar-refractivity contribution is -0.108. The van der Waals surface area contributed by atoms with E-state index in [1.807, 2.05) is 0 Å². The highest BCUT2D eigenvalue weighted by atomic mass is 16.5. The Labute approximate surface area is 156 Å². The standard InChI is InChI=1S/C17H22N6O4/c1-10(4-5-24)23(19)14-9-20-15(16(18)25)17(22-14)21-11-6-12(26-2)8-13(7-11)27-3/h5-10H,4,19H2,1-3H3,(H2,18,25)(H,21,22). The lowest BCUT2D eigenvalue weighted by atomic mass is 10.2. The van der Waals surface area contributed by atoms with E-state index in [4.69, 9.17) is 21.1 Å². The number of carbonyl (C=O) groups excluding carboxylic acids is 2. The number of hydrogen-bond acceptors (Lipinski definition) is 9. The van der Waals surface area contributed by atoms with Crippen LogP contribution in [0.15, 0.2) is 24.4 Å². The molecule has 1 aromatic carbocycles. The Kier molecular flexibility index (Phi) is 6.50. The minimum absolute atomic E-state index is 0.0584. The summed E-state index contributed by atoms with van der Waals surface area (Å²) in [5.41, 5.74) is 5.88. The maximum absolute atomic E-state index is 11.7. The number of aromatic nitrogens is 2. The van der Waals surface area contributed by atoms with Crippen LogP contribution in [0.5, 0.6) is 11.5 Å². The maximum Gasteiger partial charge on any atom is 0.271 e. The Morgan fingerprint density at radius 3 is 2.44 bits per heavy atom. The zero-order valence-corrected chi connectivity index (χ0v) is 15.3. The number of methoxy groups -OCH3 is 2. The zero-order chi connectivity index (χ0) is 20.0. The van der Waals surface area contributed by atoms with Crippen molar-refractivity contribution in [1.82, 2.24) is 9.97 Å². The number of nitrogens with two attached hydrogens (primary N) is 2. The first kappa shape index (κ1) is 19.9. The van der Waals surface area contributed by atoms with Crippen LogP contribution < -0.4 is 31.4 Å². The zero-order valence-electron chi connectivity index (χ0n) is 15.3. The van der Waals surface area contributed by atoms with Gasteiger partial charge in [-0.1, -0.05) is 0 Å². The first-order valence-corrected chi connectivity index (χ1v) is 8.04. The average Bonchev–Trinajstić information content (AvgIpc) is 2.66. The largest absolute Gasteiger partial charge is 0.497 e. The number of hydrogen-bond donors (Lipinski definition) is 3. The summed E-state index contributed by atoms with van der Waals surface area (Å²) in [7, 11) is 3.04. The number of anilines is 3. The molecular weight excluding hydrogens is 352 g/mol. The molecule has 0 saturated carbocycles. The van der Waals surface area contributed by atoms with Gasteiger partial charge in [0.1, 0.15) is 17.8 Å². The van der Waals surface area contributed by atoms with Crippen LogP contribution in [0.3, 0.4) is 0 Å². The Morgan fingerprint density at radius 1 is 1.30 bits per heavy atom. The summed E-state index contributed by atoms with van der Waals surface area (Å²) in [5, 5.41) is 4.28. The average molecular weight is 374 g/mol. The fraction of sp³-hybridized carbons (Fsp3) is 0.294. The van der Waals surface area contributed by atoms with Crippen LogP contribution in [-0.2, 0) is 4.79 Å². The van der Waals surface area contributed by atoms with Crippen molar-refractivity contribution in [1.29, 1.82) is 0 Å². The molecular formula is C17H22N6O4. The third kappa shape index (κ3) is 4.82.